The topological polar surface area (TPSA) is 65.1 Å². The Morgan fingerprint density at radius 3 is 2.15 bits per heavy atom. The third-order valence-corrected chi connectivity index (χ3v) is 6.31. The summed E-state index contributed by atoms with van der Waals surface area (Å²) in [5, 5.41) is -0.000342. The first-order valence-corrected chi connectivity index (χ1v) is 11.6. The Balaban J connectivity index is 4.55. The first kappa shape index (κ1) is 26.1. The van der Waals surface area contributed by atoms with Gasteiger partial charge >= 0.3 is 7.82 Å². The Hall–Kier alpha value is 0.0900. The highest BCUT2D eigenvalue weighted by Gasteiger charge is 2.34. The van der Waals surface area contributed by atoms with Crippen LogP contribution in [-0.4, -0.2) is 54.7 Å². The van der Waals surface area contributed by atoms with Crippen LogP contribution < -0.4 is 0 Å². The predicted octanol–water partition coefficient (Wildman–Crippen LogP) is 4.98. The van der Waals surface area contributed by atoms with Crippen LogP contribution >= 0.6 is 19.6 Å². The molecule has 156 valence electrons. The predicted molar refractivity (Wildman–Crippen MR) is 110 cm³/mol. The van der Waals surface area contributed by atoms with Crippen LogP contribution in [0.25, 0.3) is 0 Å². The van der Waals surface area contributed by atoms with E-state index < -0.39 is 13.4 Å². The van der Waals surface area contributed by atoms with Crippen molar-refractivity contribution in [1.29, 1.82) is 0 Å². The molecular formula is C18H38NO5PS. The zero-order valence-electron chi connectivity index (χ0n) is 17.8. The van der Waals surface area contributed by atoms with Gasteiger partial charge in [0.15, 0.2) is 5.12 Å². The normalized spacial score (nSPS) is 15.3. The van der Waals surface area contributed by atoms with Gasteiger partial charge in [-0.05, 0) is 45.7 Å². The number of thioether (sulfide) groups is 1. The Morgan fingerprint density at radius 1 is 1.08 bits per heavy atom. The first-order chi connectivity index (χ1) is 11.8. The van der Waals surface area contributed by atoms with E-state index in [-0.39, 0.29) is 23.7 Å². The Kier molecular flexibility index (Phi) is 11.9. The molecule has 0 radical (unpaired) electrons. The second kappa shape index (κ2) is 11.8. The molecule has 0 rings (SSSR count). The maximum absolute atomic E-state index is 13.0. The Labute approximate surface area is 164 Å². The van der Waals surface area contributed by atoms with Gasteiger partial charge in [0.05, 0.1) is 18.8 Å². The van der Waals surface area contributed by atoms with Gasteiger partial charge in [0.25, 0.3) is 0 Å². The van der Waals surface area contributed by atoms with E-state index in [2.05, 4.69) is 25.7 Å². The molecule has 0 fully saturated rings. The number of rotatable bonds is 13. The van der Waals surface area contributed by atoms with Crippen molar-refractivity contribution in [2.24, 2.45) is 5.41 Å². The number of nitrogens with zero attached hydrogens (tertiary/aromatic N) is 1. The molecule has 26 heavy (non-hydrogen) atoms. The van der Waals surface area contributed by atoms with Gasteiger partial charge in [-0.2, -0.15) is 0 Å². The fourth-order valence-corrected chi connectivity index (χ4v) is 3.85. The summed E-state index contributed by atoms with van der Waals surface area (Å²) in [6.45, 7) is 15.8. The molecule has 0 aliphatic carbocycles. The molecule has 0 aromatic rings. The maximum atomic E-state index is 13.0. The van der Waals surface area contributed by atoms with Crippen molar-refractivity contribution in [3.8, 4) is 0 Å². The average Bonchev–Trinajstić information content (AvgIpc) is 2.48. The third-order valence-electron chi connectivity index (χ3n) is 3.81. The molecule has 0 amide bonds. The van der Waals surface area contributed by atoms with Crippen LogP contribution in [0.3, 0.4) is 0 Å². The van der Waals surface area contributed by atoms with E-state index in [4.69, 9.17) is 13.6 Å². The molecule has 0 saturated carbocycles. The lowest BCUT2D eigenvalue weighted by Crippen LogP contribution is -2.28. The van der Waals surface area contributed by atoms with E-state index in [1.54, 1.807) is 0 Å². The summed E-state index contributed by atoms with van der Waals surface area (Å²) in [5.74, 6) is 0.421. The molecule has 0 aliphatic rings. The lowest BCUT2D eigenvalue weighted by molar-refractivity contribution is -0.109. The minimum Gasteiger partial charge on any atom is -0.304 e. The summed E-state index contributed by atoms with van der Waals surface area (Å²) >= 11 is 1.13. The summed E-state index contributed by atoms with van der Waals surface area (Å²) < 4.78 is 29.6. The molecule has 6 nitrogen and oxygen atoms in total. The molecule has 0 spiro atoms. The van der Waals surface area contributed by atoms with Crippen molar-refractivity contribution in [2.75, 3.05) is 39.1 Å². The number of phosphoric acid groups is 1. The number of hydrogen-bond donors (Lipinski definition) is 0. The molecule has 0 aliphatic heterocycles. The summed E-state index contributed by atoms with van der Waals surface area (Å²) in [4.78, 5) is 13.1. The molecule has 0 heterocycles. The molecule has 0 N–H and O–H groups in total. The molecule has 1 atom stereocenters. The Bertz CT molecular complexity index is 465. The monoisotopic (exact) mass is 411 g/mol. The van der Waals surface area contributed by atoms with Crippen molar-refractivity contribution >= 4 is 24.7 Å². The zero-order valence-corrected chi connectivity index (χ0v) is 19.5. The van der Waals surface area contributed by atoms with Gasteiger partial charge in [-0.25, -0.2) is 4.57 Å². The highest BCUT2D eigenvalue weighted by Crippen LogP contribution is 2.53. The largest absolute Gasteiger partial charge is 0.475 e. The van der Waals surface area contributed by atoms with E-state index in [1.807, 2.05) is 27.8 Å². The number of hydrogen-bond acceptors (Lipinski definition) is 7. The smallest absolute Gasteiger partial charge is 0.304 e. The maximum Gasteiger partial charge on any atom is 0.475 e. The van der Waals surface area contributed by atoms with Crippen LogP contribution in [0.1, 0.15) is 61.3 Å². The average molecular weight is 412 g/mol. The fraction of sp³-hybridized carbons (Fsp3) is 0.944. The quantitative estimate of drug-likeness (QED) is 0.313. The SMILES string of the molecule is CCC(C)(C)OP(=O)(OCCSC(C)=O)OCCN(C)CCC(C)(C)C. The van der Waals surface area contributed by atoms with Crippen LogP contribution in [0.2, 0.25) is 0 Å². The Morgan fingerprint density at radius 2 is 1.65 bits per heavy atom. The summed E-state index contributed by atoms with van der Waals surface area (Å²) in [5.41, 5.74) is -0.336. The minimum atomic E-state index is -3.68. The minimum absolute atomic E-state index is 0.000342. The third kappa shape index (κ3) is 14.2. The van der Waals surface area contributed by atoms with Gasteiger partial charge in [-0.15, -0.1) is 0 Å². The highest BCUT2D eigenvalue weighted by atomic mass is 32.2. The van der Waals surface area contributed by atoms with Gasteiger partial charge in [0.1, 0.15) is 0 Å². The van der Waals surface area contributed by atoms with Gasteiger partial charge in [0.2, 0.25) is 0 Å². The lowest BCUT2D eigenvalue weighted by Gasteiger charge is -2.29. The second-order valence-corrected chi connectivity index (χ2v) is 11.1. The van der Waals surface area contributed by atoms with Crippen LogP contribution in [-0.2, 0) is 22.9 Å². The number of phosphoric ester groups is 1. The molecular weight excluding hydrogens is 373 g/mol. The standard InChI is InChI=1S/C18H38NO5PS/c1-9-18(6,7)24-25(21,23-14-15-26-16(2)20)22-13-12-19(8)11-10-17(3,4)5/h9-15H2,1-8H3. The summed E-state index contributed by atoms with van der Waals surface area (Å²) in [6, 6.07) is 0. The highest BCUT2D eigenvalue weighted by molar-refractivity contribution is 8.13. The zero-order chi connectivity index (χ0) is 20.4. The first-order valence-electron chi connectivity index (χ1n) is 9.20. The molecule has 0 saturated heterocycles. The van der Waals surface area contributed by atoms with Crippen LogP contribution in [0.4, 0.5) is 0 Å². The van der Waals surface area contributed by atoms with Gasteiger partial charge in [-0.3, -0.25) is 18.4 Å². The van der Waals surface area contributed by atoms with Crippen LogP contribution in [0.5, 0.6) is 0 Å². The molecule has 0 aromatic carbocycles. The molecule has 1 unspecified atom stereocenters. The molecule has 0 aromatic heterocycles. The summed E-state index contributed by atoms with van der Waals surface area (Å²) in [6.07, 6.45) is 1.75. The lowest BCUT2D eigenvalue weighted by atomic mass is 9.92. The van der Waals surface area contributed by atoms with Crippen LogP contribution in [0, 0.1) is 5.41 Å². The van der Waals surface area contributed by atoms with Gasteiger partial charge < -0.3 is 4.90 Å². The molecule has 8 heteroatoms. The van der Waals surface area contributed by atoms with Crippen molar-refractivity contribution in [3.63, 3.8) is 0 Å². The number of likely N-dealkylation sites (N-methyl/N-ethyl adjacent to an activating group) is 1. The van der Waals surface area contributed by atoms with Gasteiger partial charge in [0, 0.05) is 19.2 Å². The van der Waals surface area contributed by atoms with Crippen molar-refractivity contribution in [3.05, 3.63) is 0 Å². The second-order valence-electron chi connectivity index (χ2n) is 8.27. The van der Waals surface area contributed by atoms with Crippen LogP contribution in [0.15, 0.2) is 0 Å². The number of carbonyl (C=O) groups excluding carboxylic acids is 1. The molecule has 0 bridgehead atoms. The van der Waals surface area contributed by atoms with E-state index in [0.29, 0.717) is 18.7 Å². The van der Waals surface area contributed by atoms with E-state index >= 15 is 0 Å². The van der Waals surface area contributed by atoms with E-state index in [0.717, 1.165) is 24.7 Å². The van der Waals surface area contributed by atoms with E-state index in [1.165, 1.54) is 6.92 Å². The number of carbonyl (C=O) groups is 1. The fourth-order valence-electron chi connectivity index (χ4n) is 1.74. The van der Waals surface area contributed by atoms with E-state index in [9.17, 15) is 9.36 Å². The van der Waals surface area contributed by atoms with Gasteiger partial charge in [-0.1, -0.05) is 39.5 Å². The van der Waals surface area contributed by atoms with Crippen molar-refractivity contribution in [2.45, 2.75) is 66.9 Å². The van der Waals surface area contributed by atoms with Crippen molar-refractivity contribution < 1.29 is 22.9 Å². The summed E-state index contributed by atoms with van der Waals surface area (Å²) in [7, 11) is -1.66. The van der Waals surface area contributed by atoms with Crippen molar-refractivity contribution in [1.82, 2.24) is 4.90 Å².